The molecule has 0 atom stereocenters. The lowest BCUT2D eigenvalue weighted by atomic mass is 10.3. The summed E-state index contributed by atoms with van der Waals surface area (Å²) < 4.78 is 5.33. The van der Waals surface area contributed by atoms with E-state index in [4.69, 9.17) is 5.11 Å². The van der Waals surface area contributed by atoms with Crippen LogP contribution in [0.5, 0.6) is 0 Å². The smallest absolute Gasteiger partial charge is 0.349 e. The minimum absolute atomic E-state index is 0.122. The van der Waals surface area contributed by atoms with Crippen LogP contribution in [-0.4, -0.2) is 30.4 Å². The number of rotatable bonds is 3. The van der Waals surface area contributed by atoms with Gasteiger partial charge < -0.3 is 5.11 Å². The molecule has 0 bridgehead atoms. The maximum Gasteiger partial charge on any atom is 0.349 e. The van der Waals surface area contributed by atoms with Gasteiger partial charge in [0.05, 0.1) is 0 Å². The van der Waals surface area contributed by atoms with E-state index in [0.717, 1.165) is 18.1 Å². The lowest BCUT2D eigenvalue weighted by Crippen LogP contribution is -1.98. The first kappa shape index (κ1) is 9.78. The Morgan fingerprint density at radius 3 is 3.07 bits per heavy atom. The average Bonchev–Trinajstić information content (AvgIpc) is 2.85. The number of aryl methyl sites for hydroxylation is 1. The molecule has 0 aromatic carbocycles. The molecule has 0 fully saturated rings. The molecule has 0 spiro atoms. The summed E-state index contributed by atoms with van der Waals surface area (Å²) >= 11 is 0.859. The van der Waals surface area contributed by atoms with Gasteiger partial charge in [-0.25, -0.2) is 4.79 Å². The maximum absolute atomic E-state index is 10.8. The number of carboxylic acid groups (broad SMARTS) is 1. The van der Waals surface area contributed by atoms with E-state index in [1.807, 2.05) is 6.92 Å². The van der Waals surface area contributed by atoms with Crippen molar-refractivity contribution in [2.24, 2.45) is 0 Å². The normalized spacial score (nSPS) is 10.5. The molecule has 2 heterocycles. The van der Waals surface area contributed by atoms with Crippen molar-refractivity contribution in [2.45, 2.75) is 13.5 Å². The number of hydrogen-bond acceptors (Lipinski definition) is 5. The van der Waals surface area contributed by atoms with Gasteiger partial charge in [0.15, 0.2) is 4.88 Å². The fourth-order valence-corrected chi connectivity index (χ4v) is 1.68. The summed E-state index contributed by atoms with van der Waals surface area (Å²) in [6.45, 7) is 2.69. The summed E-state index contributed by atoms with van der Waals surface area (Å²) in [5.74, 6) is -1.02. The Morgan fingerprint density at radius 2 is 2.47 bits per heavy atom. The van der Waals surface area contributed by atoms with Crippen molar-refractivity contribution in [3.05, 3.63) is 17.1 Å². The number of carbonyl (C=O) groups is 1. The average molecular weight is 224 g/mol. The van der Waals surface area contributed by atoms with E-state index >= 15 is 0 Å². The van der Waals surface area contributed by atoms with E-state index in [1.54, 1.807) is 16.9 Å². The van der Waals surface area contributed by atoms with Gasteiger partial charge in [0, 0.05) is 12.7 Å². The summed E-state index contributed by atoms with van der Waals surface area (Å²) in [7, 11) is 0. The van der Waals surface area contributed by atoms with E-state index in [0.29, 0.717) is 11.4 Å². The molecule has 1 N–H and O–H groups in total. The van der Waals surface area contributed by atoms with Crippen molar-refractivity contribution in [1.82, 2.24) is 19.4 Å². The van der Waals surface area contributed by atoms with Gasteiger partial charge in [-0.15, -0.1) is 5.10 Å². The number of carboxylic acids is 1. The highest BCUT2D eigenvalue weighted by Gasteiger charge is 2.18. The Bertz CT molecular complexity index is 490. The van der Waals surface area contributed by atoms with Gasteiger partial charge in [0.2, 0.25) is 0 Å². The van der Waals surface area contributed by atoms with Crippen LogP contribution in [0.3, 0.4) is 0 Å². The molecule has 2 aromatic rings. The molecule has 0 amide bonds. The fraction of sp³-hybridized carbons (Fsp3) is 0.250. The predicted molar refractivity (Wildman–Crippen MR) is 53.8 cm³/mol. The molecule has 0 aliphatic heterocycles. The van der Waals surface area contributed by atoms with Crippen LogP contribution in [0, 0.1) is 0 Å². The largest absolute Gasteiger partial charge is 0.477 e. The highest BCUT2D eigenvalue weighted by Crippen LogP contribution is 2.21. The van der Waals surface area contributed by atoms with Gasteiger partial charge in [0.25, 0.3) is 0 Å². The molecule has 0 unspecified atom stereocenters. The zero-order valence-electron chi connectivity index (χ0n) is 7.91. The zero-order valence-corrected chi connectivity index (χ0v) is 8.73. The standard InChI is InChI=1S/C8H8N4O2S/c1-2-12-4-3-5(10-12)6-7(8(13)14)15-11-9-6/h3-4H,2H2,1H3,(H,13,14). The molecule has 0 saturated carbocycles. The maximum atomic E-state index is 10.8. The summed E-state index contributed by atoms with van der Waals surface area (Å²) in [5.41, 5.74) is 0.878. The molecule has 0 saturated heterocycles. The molecule has 7 heteroatoms. The molecule has 0 aliphatic rings. The summed E-state index contributed by atoms with van der Waals surface area (Å²) in [6, 6.07) is 1.73. The quantitative estimate of drug-likeness (QED) is 0.844. The van der Waals surface area contributed by atoms with Gasteiger partial charge in [-0.05, 0) is 24.5 Å². The number of aromatic carboxylic acids is 1. The third-order valence-electron chi connectivity index (χ3n) is 1.89. The van der Waals surface area contributed by atoms with Crippen LogP contribution in [0.4, 0.5) is 0 Å². The van der Waals surface area contributed by atoms with Gasteiger partial charge in [0.1, 0.15) is 11.4 Å². The second-order valence-corrected chi connectivity index (χ2v) is 3.57. The Labute approximate surface area is 89.3 Å². The van der Waals surface area contributed by atoms with Gasteiger partial charge in [-0.1, -0.05) is 4.49 Å². The molecule has 15 heavy (non-hydrogen) atoms. The topological polar surface area (TPSA) is 80.9 Å². The lowest BCUT2D eigenvalue weighted by molar-refractivity contribution is 0.0702. The minimum Gasteiger partial charge on any atom is -0.477 e. The molecule has 0 radical (unpaired) electrons. The van der Waals surface area contributed by atoms with E-state index in [1.165, 1.54) is 0 Å². The third-order valence-corrected chi connectivity index (χ3v) is 2.60. The van der Waals surface area contributed by atoms with Gasteiger partial charge >= 0.3 is 5.97 Å². The van der Waals surface area contributed by atoms with Crippen LogP contribution in [0.2, 0.25) is 0 Å². The molecular formula is C8H8N4O2S. The second-order valence-electron chi connectivity index (χ2n) is 2.81. The fourth-order valence-electron chi connectivity index (χ4n) is 1.16. The Balaban J connectivity index is 2.44. The molecule has 2 aromatic heterocycles. The highest BCUT2D eigenvalue weighted by atomic mass is 32.1. The molecular weight excluding hydrogens is 216 g/mol. The van der Waals surface area contributed by atoms with E-state index < -0.39 is 5.97 Å². The number of aromatic nitrogens is 4. The lowest BCUT2D eigenvalue weighted by Gasteiger charge is -1.93. The highest BCUT2D eigenvalue weighted by molar-refractivity contribution is 7.08. The van der Waals surface area contributed by atoms with Crippen LogP contribution < -0.4 is 0 Å². The van der Waals surface area contributed by atoms with Crippen molar-refractivity contribution in [2.75, 3.05) is 0 Å². The van der Waals surface area contributed by atoms with Crippen LogP contribution >= 0.6 is 11.5 Å². The first-order valence-electron chi connectivity index (χ1n) is 4.32. The molecule has 0 aliphatic carbocycles. The van der Waals surface area contributed by atoms with Crippen molar-refractivity contribution < 1.29 is 9.90 Å². The number of nitrogens with zero attached hydrogens (tertiary/aromatic N) is 4. The SMILES string of the molecule is CCn1ccc(-c2nnsc2C(=O)O)n1. The second kappa shape index (κ2) is 3.77. The first-order valence-corrected chi connectivity index (χ1v) is 5.09. The van der Waals surface area contributed by atoms with Crippen molar-refractivity contribution in [1.29, 1.82) is 0 Å². The van der Waals surface area contributed by atoms with Crippen LogP contribution in [0.25, 0.3) is 11.4 Å². The molecule has 78 valence electrons. The summed E-state index contributed by atoms with van der Waals surface area (Å²) in [5, 5.41) is 16.8. The zero-order chi connectivity index (χ0) is 10.8. The predicted octanol–water partition coefficient (Wildman–Crippen LogP) is 1.12. The van der Waals surface area contributed by atoms with E-state index in [2.05, 4.69) is 14.7 Å². The Hall–Kier alpha value is -1.76. The van der Waals surface area contributed by atoms with Crippen LogP contribution in [-0.2, 0) is 6.54 Å². The summed E-state index contributed by atoms with van der Waals surface area (Å²) in [6.07, 6.45) is 1.78. The van der Waals surface area contributed by atoms with Crippen molar-refractivity contribution in [3.8, 4) is 11.4 Å². The third kappa shape index (κ3) is 1.73. The summed E-state index contributed by atoms with van der Waals surface area (Å²) in [4.78, 5) is 10.9. The molecule has 6 nitrogen and oxygen atoms in total. The van der Waals surface area contributed by atoms with Gasteiger partial charge in [-0.2, -0.15) is 5.10 Å². The van der Waals surface area contributed by atoms with Crippen molar-refractivity contribution >= 4 is 17.5 Å². The van der Waals surface area contributed by atoms with Crippen LogP contribution in [0.15, 0.2) is 12.3 Å². The Kier molecular flexibility index (Phi) is 2.46. The first-order chi connectivity index (χ1) is 7.22. The van der Waals surface area contributed by atoms with E-state index in [9.17, 15) is 4.79 Å². The van der Waals surface area contributed by atoms with Crippen LogP contribution in [0.1, 0.15) is 16.6 Å². The van der Waals surface area contributed by atoms with E-state index in [-0.39, 0.29) is 4.88 Å². The minimum atomic E-state index is -1.02. The molecule has 2 rings (SSSR count). The number of hydrogen-bond donors (Lipinski definition) is 1. The van der Waals surface area contributed by atoms with Gasteiger partial charge in [-0.3, -0.25) is 4.68 Å². The Morgan fingerprint density at radius 1 is 1.67 bits per heavy atom. The van der Waals surface area contributed by atoms with Crippen molar-refractivity contribution in [3.63, 3.8) is 0 Å². The monoisotopic (exact) mass is 224 g/mol.